The Labute approximate surface area is 245 Å². The Balaban J connectivity index is 0.984. The summed E-state index contributed by atoms with van der Waals surface area (Å²) >= 11 is 6.19. The number of nitrogens with one attached hydrogen (secondary N) is 2. The van der Waals surface area contributed by atoms with E-state index in [0.717, 1.165) is 48.8 Å². The fraction of sp³-hybridized carbons (Fsp3) is 0.333. The van der Waals surface area contributed by atoms with Gasteiger partial charge in [0.25, 0.3) is 5.91 Å². The van der Waals surface area contributed by atoms with Gasteiger partial charge in [-0.3, -0.25) is 15.1 Å². The maximum Gasteiger partial charge on any atom is 0.269 e. The number of aromatic amines is 1. The van der Waals surface area contributed by atoms with E-state index in [2.05, 4.69) is 32.4 Å². The van der Waals surface area contributed by atoms with Crippen LogP contribution in [-0.2, 0) is 0 Å². The number of piperazine rings is 1. The summed E-state index contributed by atoms with van der Waals surface area (Å²) in [6, 6.07) is 19.6. The van der Waals surface area contributed by atoms with Gasteiger partial charge in [-0.1, -0.05) is 41.4 Å². The van der Waals surface area contributed by atoms with Gasteiger partial charge in [0, 0.05) is 49.3 Å². The summed E-state index contributed by atoms with van der Waals surface area (Å²) in [5.74, 6) is 0.931. The highest BCUT2D eigenvalue weighted by Crippen LogP contribution is 2.59. The van der Waals surface area contributed by atoms with Crippen molar-refractivity contribution in [2.24, 2.45) is 5.41 Å². The van der Waals surface area contributed by atoms with Crippen molar-refractivity contribution >= 4 is 34.1 Å². The summed E-state index contributed by atoms with van der Waals surface area (Å²) in [4.78, 5) is 23.3. The molecule has 1 amide bonds. The van der Waals surface area contributed by atoms with Gasteiger partial charge in [0.05, 0.1) is 11.8 Å². The lowest BCUT2D eigenvalue weighted by atomic mass is 9.78. The van der Waals surface area contributed by atoms with Crippen LogP contribution in [0.3, 0.4) is 0 Å². The molecule has 0 unspecified atom stereocenters. The second kappa shape index (κ2) is 11.0. The molecule has 8 heteroatoms. The highest BCUT2D eigenvalue weighted by atomic mass is 35.5. The van der Waals surface area contributed by atoms with Crippen molar-refractivity contribution in [1.29, 1.82) is 0 Å². The monoisotopic (exact) mass is 567 g/mol. The van der Waals surface area contributed by atoms with E-state index in [9.17, 15) is 4.79 Å². The van der Waals surface area contributed by atoms with Gasteiger partial charge >= 0.3 is 0 Å². The van der Waals surface area contributed by atoms with Crippen LogP contribution in [-0.4, -0.2) is 58.5 Å². The van der Waals surface area contributed by atoms with Gasteiger partial charge < -0.3 is 9.72 Å². The normalized spacial score (nSPS) is 19.0. The Bertz CT molecular complexity index is 1600. The van der Waals surface area contributed by atoms with Gasteiger partial charge in [-0.25, -0.2) is 9.99 Å². The van der Waals surface area contributed by atoms with E-state index >= 15 is 0 Å². The Hall–Kier alpha value is -3.65. The number of ether oxygens (including phenoxy) is 1. The van der Waals surface area contributed by atoms with Crippen molar-refractivity contribution in [2.45, 2.75) is 32.1 Å². The summed E-state index contributed by atoms with van der Waals surface area (Å²) in [6.07, 6.45) is 9.92. The van der Waals surface area contributed by atoms with Crippen LogP contribution < -0.4 is 10.2 Å². The van der Waals surface area contributed by atoms with E-state index in [1.165, 1.54) is 43.2 Å². The first kappa shape index (κ1) is 26.3. The molecule has 1 spiro atoms. The number of carbonyl (C=O) groups is 1. The molecule has 210 valence electrons. The fourth-order valence-electron chi connectivity index (χ4n) is 6.23. The molecule has 41 heavy (non-hydrogen) atoms. The molecule has 0 radical (unpaired) electrons. The Morgan fingerprint density at radius 2 is 1.83 bits per heavy atom. The number of fused-ring (bicyclic) bond motifs is 1. The van der Waals surface area contributed by atoms with Crippen LogP contribution in [0.4, 0.5) is 0 Å². The lowest BCUT2D eigenvalue weighted by molar-refractivity contribution is 0.0632. The number of hydrogen-bond donors (Lipinski definition) is 2. The quantitative estimate of drug-likeness (QED) is 0.260. The minimum atomic E-state index is -0.167. The molecule has 3 aliphatic rings. The zero-order valence-electron chi connectivity index (χ0n) is 23.0. The van der Waals surface area contributed by atoms with Gasteiger partial charge in [-0.15, -0.1) is 0 Å². The molecule has 1 saturated carbocycles. The number of para-hydroxylation sites is 1. The summed E-state index contributed by atoms with van der Waals surface area (Å²) < 4.78 is 6.09. The first-order chi connectivity index (χ1) is 20.0. The zero-order valence-corrected chi connectivity index (χ0v) is 23.8. The van der Waals surface area contributed by atoms with E-state index in [-0.39, 0.29) is 5.91 Å². The van der Waals surface area contributed by atoms with Gasteiger partial charge in [-0.2, -0.15) is 0 Å². The number of halogens is 1. The smallest absolute Gasteiger partial charge is 0.269 e. The molecule has 4 aromatic rings. The highest BCUT2D eigenvalue weighted by Gasteiger charge is 2.45. The number of rotatable bonds is 7. The first-order valence-corrected chi connectivity index (χ1v) is 14.9. The molecular formula is C33H34ClN5O2. The molecule has 7 rings (SSSR count). The average molecular weight is 568 g/mol. The van der Waals surface area contributed by atoms with E-state index < -0.39 is 0 Å². The third kappa shape index (κ3) is 5.75. The minimum Gasteiger partial charge on any atom is -0.455 e. The number of nitrogens with zero attached hydrogens (tertiary/aromatic N) is 3. The van der Waals surface area contributed by atoms with Crippen LogP contribution in [0.15, 0.2) is 78.6 Å². The molecular weight excluding hydrogens is 534 g/mol. The Morgan fingerprint density at radius 1 is 1.02 bits per heavy atom. The zero-order chi connectivity index (χ0) is 27.8. The number of pyridine rings is 1. The number of hydrogen-bond acceptors (Lipinski definition) is 5. The maximum atomic E-state index is 13.3. The van der Waals surface area contributed by atoms with Crippen LogP contribution >= 0.6 is 11.6 Å². The molecule has 0 bridgehead atoms. The summed E-state index contributed by atoms with van der Waals surface area (Å²) in [6.45, 7) is 4.35. The van der Waals surface area contributed by atoms with Gasteiger partial charge in [-0.05, 0) is 85.1 Å². The van der Waals surface area contributed by atoms with Crippen molar-refractivity contribution in [3.8, 4) is 11.5 Å². The Morgan fingerprint density at radius 3 is 2.63 bits per heavy atom. The van der Waals surface area contributed by atoms with E-state index in [1.807, 2.05) is 53.7 Å². The van der Waals surface area contributed by atoms with Crippen molar-refractivity contribution < 1.29 is 9.53 Å². The first-order valence-electron chi connectivity index (χ1n) is 14.5. The molecule has 3 heterocycles. The van der Waals surface area contributed by atoms with Crippen molar-refractivity contribution in [1.82, 2.24) is 25.3 Å². The average Bonchev–Trinajstić information content (AvgIpc) is 3.57. The largest absolute Gasteiger partial charge is 0.455 e. The second-order valence-electron chi connectivity index (χ2n) is 11.7. The van der Waals surface area contributed by atoms with Crippen LogP contribution in [0.5, 0.6) is 11.5 Å². The van der Waals surface area contributed by atoms with Gasteiger partial charge in [0.1, 0.15) is 17.1 Å². The van der Waals surface area contributed by atoms with Crippen molar-refractivity contribution in [2.75, 3.05) is 32.7 Å². The van der Waals surface area contributed by atoms with E-state index in [4.69, 9.17) is 16.3 Å². The molecule has 1 saturated heterocycles. The van der Waals surface area contributed by atoms with E-state index in [1.54, 1.807) is 17.8 Å². The van der Waals surface area contributed by atoms with Crippen LogP contribution in [0, 0.1) is 5.41 Å². The summed E-state index contributed by atoms with van der Waals surface area (Å²) in [5, 5.41) is 3.77. The number of carbonyl (C=O) groups excluding carboxylic acids is 1. The molecule has 2 aromatic carbocycles. The van der Waals surface area contributed by atoms with E-state index in [0.29, 0.717) is 22.5 Å². The van der Waals surface area contributed by atoms with Gasteiger partial charge in [0.2, 0.25) is 0 Å². The number of hydrazine groups is 1. The molecule has 2 aliphatic carbocycles. The third-order valence-corrected chi connectivity index (χ3v) is 9.12. The predicted molar refractivity (Wildman–Crippen MR) is 162 cm³/mol. The number of benzene rings is 2. The Kier molecular flexibility index (Phi) is 7.03. The predicted octanol–water partition coefficient (Wildman–Crippen LogP) is 6.69. The standard InChI is InChI=1S/C33H34ClN5O2/c34-26-7-5-23(6-8-26)29-20-33(12-13-33)11-9-25(29)22-38-15-17-39(18-16-38)37-32(40)28-3-1-2-4-30(28)41-27-19-24-10-14-35-31(24)36-21-27/h1-8,10,14,19,21H,9,11-13,15-18,20,22H2,(H,35,36)(H,37,40). The molecule has 2 fully saturated rings. The van der Waals surface area contributed by atoms with Gasteiger partial charge in [0.15, 0.2) is 0 Å². The number of aromatic nitrogens is 2. The van der Waals surface area contributed by atoms with Crippen molar-refractivity contribution in [3.63, 3.8) is 0 Å². The van der Waals surface area contributed by atoms with Crippen LogP contribution in [0.1, 0.15) is 48.0 Å². The second-order valence-corrected chi connectivity index (χ2v) is 12.1. The number of allylic oxidation sites excluding steroid dienone is 1. The highest BCUT2D eigenvalue weighted by molar-refractivity contribution is 6.30. The molecule has 0 atom stereocenters. The minimum absolute atomic E-state index is 0.167. The lowest BCUT2D eigenvalue weighted by Crippen LogP contribution is -2.53. The molecule has 7 nitrogen and oxygen atoms in total. The SMILES string of the molecule is O=C(NN1CCN(CC2=C(c3ccc(Cl)cc3)CC3(CC2)CC3)CC1)c1ccccc1Oc1cnc2[nH]ccc2c1. The molecule has 2 aromatic heterocycles. The topological polar surface area (TPSA) is 73.5 Å². The van der Waals surface area contributed by atoms with Crippen LogP contribution in [0.2, 0.25) is 5.02 Å². The number of amides is 1. The third-order valence-electron chi connectivity index (χ3n) is 8.87. The fourth-order valence-corrected chi connectivity index (χ4v) is 6.35. The van der Waals surface area contributed by atoms with Crippen LogP contribution in [0.25, 0.3) is 16.6 Å². The summed E-state index contributed by atoms with van der Waals surface area (Å²) in [5.41, 5.74) is 9.39. The lowest BCUT2D eigenvalue weighted by Gasteiger charge is -2.37. The number of H-pyrrole nitrogens is 1. The summed E-state index contributed by atoms with van der Waals surface area (Å²) in [7, 11) is 0. The molecule has 1 aliphatic heterocycles. The molecule has 2 N–H and O–H groups in total. The maximum absolute atomic E-state index is 13.3. The van der Waals surface area contributed by atoms with Crippen molar-refractivity contribution in [3.05, 3.63) is 94.8 Å².